The maximum Gasteiger partial charge on any atom is 0.305 e. The van der Waals surface area contributed by atoms with E-state index in [9.17, 15) is 4.79 Å². The molecule has 0 heterocycles. The zero-order chi connectivity index (χ0) is 16.1. The zero-order valence-corrected chi connectivity index (χ0v) is 14.8. The Hall–Kier alpha value is -0.830. The van der Waals surface area contributed by atoms with Gasteiger partial charge < -0.3 is 9.64 Å². The summed E-state index contributed by atoms with van der Waals surface area (Å²) in [4.78, 5) is 13.8. The van der Waals surface area contributed by atoms with E-state index in [-0.39, 0.29) is 11.5 Å². The van der Waals surface area contributed by atoms with Crippen molar-refractivity contribution in [2.45, 2.75) is 77.7 Å². The lowest BCUT2D eigenvalue weighted by Crippen LogP contribution is -2.39. The Bertz CT molecular complexity index is 296. The minimum Gasteiger partial charge on any atom is -0.466 e. The van der Waals surface area contributed by atoms with E-state index in [0.29, 0.717) is 13.0 Å². The van der Waals surface area contributed by atoms with E-state index in [4.69, 9.17) is 4.74 Å². The lowest BCUT2D eigenvalue weighted by Gasteiger charge is -2.32. The Morgan fingerprint density at radius 1 is 1.10 bits per heavy atom. The van der Waals surface area contributed by atoms with Crippen LogP contribution >= 0.6 is 0 Å². The number of carbonyl (C=O) groups excluding carboxylic acids is 1. The lowest BCUT2D eigenvalue weighted by atomic mass is 10.0. The van der Waals surface area contributed by atoms with Gasteiger partial charge in [0.25, 0.3) is 0 Å². The molecule has 0 aliphatic heterocycles. The van der Waals surface area contributed by atoms with Crippen LogP contribution < -0.4 is 0 Å². The number of nitrogens with zero attached hydrogens (tertiary/aromatic N) is 1. The monoisotopic (exact) mass is 297 g/mol. The molecule has 0 unspecified atom stereocenters. The van der Waals surface area contributed by atoms with Gasteiger partial charge in [-0.25, -0.2) is 0 Å². The fraction of sp³-hybridized carbons (Fsp3) is 0.833. The second kappa shape index (κ2) is 11.8. The molecule has 124 valence electrons. The molecule has 0 atom stereocenters. The van der Waals surface area contributed by atoms with Crippen molar-refractivity contribution in [2.75, 3.05) is 20.7 Å². The zero-order valence-electron chi connectivity index (χ0n) is 14.8. The van der Waals surface area contributed by atoms with E-state index in [1.54, 1.807) is 0 Å². The molecular formula is C18H35NO2. The van der Waals surface area contributed by atoms with Gasteiger partial charge in [-0.3, -0.25) is 4.79 Å². The van der Waals surface area contributed by atoms with Crippen molar-refractivity contribution in [3.63, 3.8) is 0 Å². The first-order valence-electron chi connectivity index (χ1n) is 8.34. The second-order valence-electron chi connectivity index (χ2n) is 6.55. The number of hydrogen-bond donors (Lipinski definition) is 0. The van der Waals surface area contributed by atoms with E-state index in [0.717, 1.165) is 19.3 Å². The van der Waals surface area contributed by atoms with Gasteiger partial charge in [-0.1, -0.05) is 31.4 Å². The maximum atomic E-state index is 11.6. The maximum absolute atomic E-state index is 11.6. The van der Waals surface area contributed by atoms with Crippen LogP contribution in [0.4, 0.5) is 0 Å². The van der Waals surface area contributed by atoms with E-state index in [1.165, 1.54) is 25.7 Å². The Morgan fingerprint density at radius 3 is 2.33 bits per heavy atom. The first-order chi connectivity index (χ1) is 9.90. The molecule has 0 radical (unpaired) electrons. The minimum atomic E-state index is -0.0431. The first kappa shape index (κ1) is 20.2. The highest BCUT2D eigenvalue weighted by Crippen LogP contribution is 2.15. The van der Waals surface area contributed by atoms with Crippen LogP contribution in [0.1, 0.15) is 72.1 Å². The van der Waals surface area contributed by atoms with Crippen molar-refractivity contribution >= 4 is 5.97 Å². The third-order valence-corrected chi connectivity index (χ3v) is 4.17. The Balaban J connectivity index is 3.47. The van der Waals surface area contributed by atoms with Crippen LogP contribution in [0.3, 0.4) is 0 Å². The van der Waals surface area contributed by atoms with E-state index < -0.39 is 0 Å². The summed E-state index contributed by atoms with van der Waals surface area (Å²) < 4.78 is 5.31. The van der Waals surface area contributed by atoms with Gasteiger partial charge in [0.15, 0.2) is 0 Å². The van der Waals surface area contributed by atoms with Gasteiger partial charge in [0.05, 0.1) is 6.61 Å². The molecule has 0 aliphatic carbocycles. The van der Waals surface area contributed by atoms with Crippen molar-refractivity contribution in [2.24, 2.45) is 0 Å². The summed E-state index contributed by atoms with van der Waals surface area (Å²) in [5.41, 5.74) is 0.0766. The summed E-state index contributed by atoms with van der Waals surface area (Å²) in [6.45, 7) is 6.90. The molecule has 0 aromatic carbocycles. The molecule has 0 fully saturated rings. The van der Waals surface area contributed by atoms with Crippen LogP contribution in [0.5, 0.6) is 0 Å². The molecule has 0 spiro atoms. The number of rotatable bonds is 12. The largest absolute Gasteiger partial charge is 0.466 e. The summed E-state index contributed by atoms with van der Waals surface area (Å²) in [5.74, 6) is -0.0431. The third kappa shape index (κ3) is 11.5. The van der Waals surface area contributed by atoms with Crippen LogP contribution in [0.25, 0.3) is 0 Å². The van der Waals surface area contributed by atoms with Crippen LogP contribution in [0.2, 0.25) is 0 Å². The number of esters is 1. The van der Waals surface area contributed by atoms with Crippen molar-refractivity contribution in [1.29, 1.82) is 0 Å². The fourth-order valence-corrected chi connectivity index (χ4v) is 1.94. The number of unbranched alkanes of at least 4 members (excludes halogenated alkanes) is 5. The van der Waals surface area contributed by atoms with Gasteiger partial charge in [-0.2, -0.15) is 0 Å². The molecule has 0 bridgehead atoms. The second-order valence-corrected chi connectivity index (χ2v) is 6.55. The van der Waals surface area contributed by atoms with Crippen molar-refractivity contribution in [3.8, 4) is 0 Å². The van der Waals surface area contributed by atoms with Gasteiger partial charge in [0, 0.05) is 12.0 Å². The molecule has 0 aromatic heterocycles. The molecule has 3 heteroatoms. The number of hydrogen-bond acceptors (Lipinski definition) is 3. The quantitative estimate of drug-likeness (QED) is 0.300. The molecule has 0 rings (SSSR count). The van der Waals surface area contributed by atoms with Gasteiger partial charge in [0.1, 0.15) is 0 Å². The highest BCUT2D eigenvalue weighted by atomic mass is 16.5. The van der Waals surface area contributed by atoms with Crippen molar-refractivity contribution in [1.82, 2.24) is 4.90 Å². The van der Waals surface area contributed by atoms with Gasteiger partial charge in [0.2, 0.25) is 0 Å². The summed E-state index contributed by atoms with van der Waals surface area (Å²) in [7, 11) is 4.11. The van der Waals surface area contributed by atoms with E-state index >= 15 is 0 Å². The summed E-state index contributed by atoms with van der Waals surface area (Å²) in [6.07, 6.45) is 12.8. The van der Waals surface area contributed by atoms with E-state index in [2.05, 4.69) is 51.9 Å². The summed E-state index contributed by atoms with van der Waals surface area (Å²) >= 11 is 0. The smallest absolute Gasteiger partial charge is 0.305 e. The van der Waals surface area contributed by atoms with Crippen LogP contribution in [0, 0.1) is 0 Å². The Morgan fingerprint density at radius 2 is 1.71 bits per heavy atom. The Kier molecular flexibility index (Phi) is 11.3. The van der Waals surface area contributed by atoms with Crippen molar-refractivity contribution < 1.29 is 9.53 Å². The highest BCUT2D eigenvalue weighted by Gasteiger charge is 2.20. The summed E-state index contributed by atoms with van der Waals surface area (Å²) in [5, 5.41) is 0. The molecule has 0 saturated carbocycles. The predicted molar refractivity (Wildman–Crippen MR) is 90.5 cm³/mol. The Labute approximate surface area is 131 Å². The lowest BCUT2D eigenvalue weighted by molar-refractivity contribution is -0.144. The fourth-order valence-electron chi connectivity index (χ4n) is 1.94. The minimum absolute atomic E-state index is 0.0431. The molecule has 21 heavy (non-hydrogen) atoms. The normalized spacial score (nSPS) is 12.3. The standard InChI is InChI=1S/C18H35NO2/c1-6-7-8-9-10-11-12-13-14-17(20)21-16-15-18(2,3)19(4)5/h6-7H,8-16H2,1-5H3. The molecule has 3 nitrogen and oxygen atoms in total. The topological polar surface area (TPSA) is 29.5 Å². The molecule has 0 aliphatic rings. The van der Waals surface area contributed by atoms with Crippen LogP contribution in [0.15, 0.2) is 12.2 Å². The SMILES string of the molecule is CC=CCCCCCCCC(=O)OCCC(C)(C)N(C)C. The molecule has 0 saturated heterocycles. The number of ether oxygens (including phenoxy) is 1. The van der Waals surface area contributed by atoms with Crippen LogP contribution in [-0.4, -0.2) is 37.1 Å². The molecular weight excluding hydrogens is 262 g/mol. The van der Waals surface area contributed by atoms with Crippen molar-refractivity contribution in [3.05, 3.63) is 12.2 Å². The molecule has 0 N–H and O–H groups in total. The first-order valence-corrected chi connectivity index (χ1v) is 8.34. The van der Waals surface area contributed by atoms with Gasteiger partial charge in [-0.15, -0.1) is 0 Å². The predicted octanol–water partition coefficient (Wildman–Crippen LogP) is 4.57. The van der Waals surface area contributed by atoms with Crippen LogP contribution in [-0.2, 0) is 9.53 Å². The molecule has 0 aromatic rings. The highest BCUT2D eigenvalue weighted by molar-refractivity contribution is 5.69. The van der Waals surface area contributed by atoms with Gasteiger partial charge >= 0.3 is 5.97 Å². The number of carbonyl (C=O) groups is 1. The number of allylic oxidation sites excluding steroid dienone is 2. The average Bonchev–Trinajstić information content (AvgIpc) is 2.41. The summed E-state index contributed by atoms with van der Waals surface area (Å²) in [6, 6.07) is 0. The van der Waals surface area contributed by atoms with E-state index in [1.807, 2.05) is 0 Å². The van der Waals surface area contributed by atoms with Gasteiger partial charge in [-0.05, 0) is 60.5 Å². The third-order valence-electron chi connectivity index (χ3n) is 4.17. The average molecular weight is 297 g/mol. The molecule has 0 amide bonds.